The van der Waals surface area contributed by atoms with E-state index in [9.17, 15) is 9.18 Å². The molecule has 2 heterocycles. The van der Waals surface area contributed by atoms with E-state index in [1.807, 2.05) is 0 Å². The van der Waals surface area contributed by atoms with Crippen LogP contribution in [-0.2, 0) is 4.74 Å². The van der Waals surface area contributed by atoms with E-state index in [1.54, 1.807) is 12.1 Å². The second-order valence-corrected chi connectivity index (χ2v) is 5.16. The maximum Gasteiger partial charge on any atom is 0.341 e. The number of aromatic nitrogens is 3. The molecule has 0 saturated carbocycles. The highest BCUT2D eigenvalue weighted by atomic mass is 79.9. The number of hydrogen-bond acceptors (Lipinski definition) is 6. The topological polar surface area (TPSA) is 78.1 Å². The Hall–Kier alpha value is -2.61. The Morgan fingerprint density at radius 1 is 1.22 bits per heavy atom. The molecule has 0 atom stereocenters. The third kappa shape index (κ3) is 3.11. The molecule has 1 aromatic carbocycles. The molecular formula is C15H9BrFN3O3. The van der Waals surface area contributed by atoms with Crippen molar-refractivity contribution in [3.05, 3.63) is 52.7 Å². The van der Waals surface area contributed by atoms with Gasteiger partial charge in [0.1, 0.15) is 5.82 Å². The Kier molecular flexibility index (Phi) is 4.16. The van der Waals surface area contributed by atoms with Gasteiger partial charge >= 0.3 is 5.97 Å². The van der Waals surface area contributed by atoms with E-state index in [-0.39, 0.29) is 17.2 Å². The van der Waals surface area contributed by atoms with E-state index in [1.165, 1.54) is 31.6 Å². The summed E-state index contributed by atoms with van der Waals surface area (Å²) in [6.45, 7) is 0. The summed E-state index contributed by atoms with van der Waals surface area (Å²) in [6.07, 6.45) is 2.68. The Labute approximate surface area is 138 Å². The fraction of sp³-hybridized carbons (Fsp3) is 0.0667. The van der Waals surface area contributed by atoms with Gasteiger partial charge in [0.2, 0.25) is 10.6 Å². The zero-order chi connectivity index (χ0) is 16.4. The van der Waals surface area contributed by atoms with Gasteiger partial charge in [-0.05, 0) is 40.2 Å². The Balaban J connectivity index is 1.94. The zero-order valence-corrected chi connectivity index (χ0v) is 13.4. The molecule has 0 radical (unpaired) electrons. The summed E-state index contributed by atoms with van der Waals surface area (Å²) >= 11 is 3.25. The van der Waals surface area contributed by atoms with Crippen LogP contribution in [0.1, 0.15) is 10.4 Å². The monoisotopic (exact) mass is 377 g/mol. The van der Waals surface area contributed by atoms with E-state index in [0.717, 1.165) is 0 Å². The average Bonchev–Trinajstić information content (AvgIpc) is 2.96. The van der Waals surface area contributed by atoms with Gasteiger partial charge in [-0.1, -0.05) is 0 Å². The number of ether oxygens (including phenoxy) is 1. The van der Waals surface area contributed by atoms with Crippen LogP contribution in [0, 0.1) is 5.82 Å². The first-order valence-corrected chi connectivity index (χ1v) is 7.21. The molecule has 0 bridgehead atoms. The number of rotatable bonds is 3. The fourth-order valence-corrected chi connectivity index (χ4v) is 2.25. The van der Waals surface area contributed by atoms with Gasteiger partial charge in [-0.15, -0.1) is 0 Å². The minimum Gasteiger partial charge on any atom is -0.465 e. The second kappa shape index (κ2) is 6.25. The summed E-state index contributed by atoms with van der Waals surface area (Å²) in [5.41, 5.74) is 1.22. The lowest BCUT2D eigenvalue weighted by Crippen LogP contribution is -2.03. The van der Waals surface area contributed by atoms with Crippen LogP contribution in [0.3, 0.4) is 0 Å². The molecule has 0 N–H and O–H groups in total. The van der Waals surface area contributed by atoms with Crippen LogP contribution in [0.5, 0.6) is 0 Å². The van der Waals surface area contributed by atoms with Crippen molar-refractivity contribution in [1.29, 1.82) is 0 Å². The van der Waals surface area contributed by atoms with Gasteiger partial charge in [-0.25, -0.2) is 24.1 Å². The van der Waals surface area contributed by atoms with Crippen molar-refractivity contribution in [3.63, 3.8) is 0 Å². The molecule has 8 heteroatoms. The van der Waals surface area contributed by atoms with Gasteiger partial charge in [-0.2, -0.15) is 0 Å². The quantitative estimate of drug-likeness (QED) is 0.650. The second-order valence-electron chi connectivity index (χ2n) is 4.44. The largest absolute Gasteiger partial charge is 0.465 e. The van der Waals surface area contributed by atoms with Gasteiger partial charge in [0.15, 0.2) is 11.5 Å². The van der Waals surface area contributed by atoms with Crippen LogP contribution in [0.2, 0.25) is 0 Å². The van der Waals surface area contributed by atoms with Crippen molar-refractivity contribution >= 4 is 21.9 Å². The van der Waals surface area contributed by atoms with E-state index in [0.29, 0.717) is 21.8 Å². The number of carbonyl (C=O) groups is 1. The lowest BCUT2D eigenvalue weighted by atomic mass is 10.2. The smallest absolute Gasteiger partial charge is 0.341 e. The van der Waals surface area contributed by atoms with Gasteiger partial charge in [0.25, 0.3) is 0 Å². The summed E-state index contributed by atoms with van der Waals surface area (Å²) in [4.78, 5) is 23.8. The molecule has 3 rings (SSSR count). The van der Waals surface area contributed by atoms with Crippen molar-refractivity contribution in [1.82, 2.24) is 15.0 Å². The zero-order valence-electron chi connectivity index (χ0n) is 11.8. The summed E-state index contributed by atoms with van der Waals surface area (Å²) in [5, 5.41) is 0. The number of halogens is 2. The summed E-state index contributed by atoms with van der Waals surface area (Å²) < 4.78 is 23.4. The highest BCUT2D eigenvalue weighted by molar-refractivity contribution is 9.10. The third-order valence-corrected chi connectivity index (χ3v) is 3.50. The Bertz CT molecular complexity index is 847. The summed E-state index contributed by atoms with van der Waals surface area (Å²) in [6, 6.07) is 5.74. The Morgan fingerprint density at radius 3 is 2.48 bits per heavy atom. The predicted molar refractivity (Wildman–Crippen MR) is 82.0 cm³/mol. The summed E-state index contributed by atoms with van der Waals surface area (Å²) in [5.74, 6) is -0.293. The first-order chi connectivity index (χ1) is 11.1. The first kappa shape index (κ1) is 15.3. The van der Waals surface area contributed by atoms with Crippen molar-refractivity contribution in [2.45, 2.75) is 0 Å². The molecule has 23 heavy (non-hydrogen) atoms. The van der Waals surface area contributed by atoms with Crippen LogP contribution in [0.4, 0.5) is 4.39 Å². The molecule has 0 amide bonds. The SMILES string of the molecule is COC(=O)c1cnc(-c2nc(-c3ccc(F)cc3)oc2Br)nc1. The van der Waals surface area contributed by atoms with Crippen LogP contribution >= 0.6 is 15.9 Å². The molecule has 0 aliphatic carbocycles. The van der Waals surface area contributed by atoms with E-state index in [4.69, 9.17) is 4.42 Å². The van der Waals surface area contributed by atoms with Gasteiger partial charge in [-0.3, -0.25) is 0 Å². The highest BCUT2D eigenvalue weighted by Crippen LogP contribution is 2.30. The number of oxazole rings is 1. The molecule has 0 spiro atoms. The number of esters is 1. The van der Waals surface area contributed by atoms with Crippen molar-refractivity contribution in [3.8, 4) is 23.0 Å². The molecule has 0 unspecified atom stereocenters. The number of nitrogens with zero attached hydrogens (tertiary/aromatic N) is 3. The van der Waals surface area contributed by atoms with E-state index >= 15 is 0 Å². The molecule has 0 aliphatic rings. The van der Waals surface area contributed by atoms with Crippen molar-refractivity contribution in [2.75, 3.05) is 7.11 Å². The normalized spacial score (nSPS) is 10.6. The minimum atomic E-state index is -0.525. The fourth-order valence-electron chi connectivity index (χ4n) is 1.83. The first-order valence-electron chi connectivity index (χ1n) is 6.41. The molecule has 0 saturated heterocycles. The maximum absolute atomic E-state index is 13.0. The maximum atomic E-state index is 13.0. The molecule has 0 fully saturated rings. The molecule has 6 nitrogen and oxygen atoms in total. The van der Waals surface area contributed by atoms with Crippen LogP contribution in [0.25, 0.3) is 23.0 Å². The average molecular weight is 378 g/mol. The number of methoxy groups -OCH3 is 1. The molecular weight excluding hydrogens is 369 g/mol. The van der Waals surface area contributed by atoms with Crippen molar-refractivity contribution in [2.24, 2.45) is 0 Å². The van der Waals surface area contributed by atoms with Gasteiger partial charge in [0.05, 0.1) is 12.7 Å². The van der Waals surface area contributed by atoms with Gasteiger partial charge in [0, 0.05) is 18.0 Å². The molecule has 0 aliphatic heterocycles. The predicted octanol–water partition coefficient (Wildman–Crippen LogP) is 3.49. The standard InChI is InChI=1S/C15H9BrFN3O3/c1-22-15(21)9-6-18-13(19-7-9)11-12(16)23-14(20-11)8-2-4-10(17)5-3-8/h2-7H,1H3. The van der Waals surface area contributed by atoms with Crippen LogP contribution in [0.15, 0.2) is 45.7 Å². The number of benzene rings is 1. The molecule has 2 aromatic heterocycles. The third-order valence-electron chi connectivity index (χ3n) is 2.96. The number of carbonyl (C=O) groups excluding carboxylic acids is 1. The molecule has 116 valence electrons. The van der Waals surface area contributed by atoms with Crippen LogP contribution in [-0.4, -0.2) is 28.0 Å². The highest BCUT2D eigenvalue weighted by Gasteiger charge is 2.17. The minimum absolute atomic E-state index is 0.231. The Morgan fingerprint density at radius 2 is 1.87 bits per heavy atom. The van der Waals surface area contributed by atoms with E-state index in [2.05, 4.69) is 35.6 Å². The lowest BCUT2D eigenvalue weighted by Gasteiger charge is -1.99. The lowest BCUT2D eigenvalue weighted by molar-refractivity contribution is 0.0600. The summed E-state index contributed by atoms with van der Waals surface area (Å²) in [7, 11) is 1.28. The van der Waals surface area contributed by atoms with Crippen LogP contribution < -0.4 is 0 Å². The number of hydrogen-bond donors (Lipinski definition) is 0. The van der Waals surface area contributed by atoms with Gasteiger partial charge < -0.3 is 9.15 Å². The van der Waals surface area contributed by atoms with Crippen molar-refractivity contribution < 1.29 is 18.3 Å². The molecule has 3 aromatic rings. The van der Waals surface area contributed by atoms with E-state index < -0.39 is 5.97 Å².